The van der Waals surface area contributed by atoms with Crippen LogP contribution in [0.15, 0.2) is 23.0 Å². The minimum absolute atomic E-state index is 0.0981. The number of nitrogens with one attached hydrogen (secondary N) is 2. The molecule has 4 rings (SSSR count). The number of rotatable bonds is 5. The number of H-pyrrole nitrogens is 1. The van der Waals surface area contributed by atoms with Crippen LogP contribution in [-0.4, -0.2) is 23.0 Å². The van der Waals surface area contributed by atoms with Crippen LogP contribution in [0.3, 0.4) is 0 Å². The predicted octanol–water partition coefficient (Wildman–Crippen LogP) is 5.37. The Morgan fingerprint density at radius 3 is 2.84 bits per heavy atom. The van der Waals surface area contributed by atoms with Gasteiger partial charge in [0, 0.05) is 23.4 Å². The first-order valence-electron chi connectivity index (χ1n) is 10.8. The summed E-state index contributed by atoms with van der Waals surface area (Å²) in [7, 11) is 1.54. The van der Waals surface area contributed by atoms with Gasteiger partial charge in [-0.1, -0.05) is 32.4 Å². The van der Waals surface area contributed by atoms with Gasteiger partial charge in [-0.3, -0.25) is 9.59 Å². The molecule has 0 aliphatic heterocycles. The molecule has 3 aromatic rings. The summed E-state index contributed by atoms with van der Waals surface area (Å²) < 4.78 is 5.12. The van der Waals surface area contributed by atoms with E-state index in [9.17, 15) is 9.59 Å². The first kappa shape index (κ1) is 22.8. The number of carbonyl (C=O) groups excluding carboxylic acids is 1. The lowest BCUT2D eigenvalue weighted by Gasteiger charge is -2.33. The minimum atomic E-state index is -0.174. The van der Waals surface area contributed by atoms with Gasteiger partial charge in [0.15, 0.2) is 0 Å². The molecule has 0 saturated carbocycles. The third kappa shape index (κ3) is 4.69. The molecule has 1 atom stereocenters. The summed E-state index contributed by atoms with van der Waals surface area (Å²) in [5, 5.41) is 3.98. The Kier molecular flexibility index (Phi) is 6.32. The number of thiophene rings is 1. The quantitative estimate of drug-likeness (QED) is 0.521. The van der Waals surface area contributed by atoms with Crippen molar-refractivity contribution in [2.24, 2.45) is 11.3 Å². The van der Waals surface area contributed by atoms with Gasteiger partial charge >= 0.3 is 0 Å². The second kappa shape index (κ2) is 8.87. The maximum Gasteiger partial charge on any atom is 0.259 e. The average molecular weight is 474 g/mol. The molecule has 0 radical (unpaired) electrons. The van der Waals surface area contributed by atoms with Crippen molar-refractivity contribution in [1.82, 2.24) is 9.97 Å². The van der Waals surface area contributed by atoms with Crippen LogP contribution < -0.4 is 15.6 Å². The van der Waals surface area contributed by atoms with Gasteiger partial charge in [0.25, 0.3) is 5.56 Å². The Balaban J connectivity index is 1.47. The molecule has 0 spiro atoms. The Hall–Kier alpha value is -2.38. The Morgan fingerprint density at radius 2 is 2.16 bits per heavy atom. The van der Waals surface area contributed by atoms with E-state index < -0.39 is 0 Å². The second-order valence-electron chi connectivity index (χ2n) is 9.40. The topological polar surface area (TPSA) is 84.1 Å². The van der Waals surface area contributed by atoms with Gasteiger partial charge in [-0.15, -0.1) is 11.3 Å². The number of hydrogen-bond acceptors (Lipinski definition) is 5. The van der Waals surface area contributed by atoms with Crippen molar-refractivity contribution in [3.05, 3.63) is 49.8 Å². The van der Waals surface area contributed by atoms with E-state index in [0.717, 1.165) is 29.5 Å². The molecule has 0 unspecified atom stereocenters. The van der Waals surface area contributed by atoms with E-state index in [1.807, 2.05) is 0 Å². The number of nitrogens with zero attached hydrogens (tertiary/aromatic N) is 1. The number of aromatic amines is 1. The van der Waals surface area contributed by atoms with E-state index in [1.54, 1.807) is 29.5 Å². The van der Waals surface area contributed by atoms with Crippen LogP contribution in [0.1, 0.15) is 49.9 Å². The zero-order valence-corrected chi connectivity index (χ0v) is 20.4. The van der Waals surface area contributed by atoms with Gasteiger partial charge < -0.3 is 15.0 Å². The number of amides is 1. The van der Waals surface area contributed by atoms with Crippen molar-refractivity contribution in [2.45, 2.75) is 52.9 Å². The molecule has 8 heteroatoms. The Labute approximate surface area is 196 Å². The van der Waals surface area contributed by atoms with E-state index in [0.29, 0.717) is 34.6 Å². The van der Waals surface area contributed by atoms with Crippen molar-refractivity contribution in [2.75, 3.05) is 12.4 Å². The highest BCUT2D eigenvalue weighted by Crippen LogP contribution is 2.42. The van der Waals surface area contributed by atoms with E-state index in [2.05, 4.69) is 36.1 Å². The van der Waals surface area contributed by atoms with Gasteiger partial charge in [0.2, 0.25) is 5.91 Å². The number of anilines is 1. The van der Waals surface area contributed by atoms with E-state index in [1.165, 1.54) is 17.6 Å². The summed E-state index contributed by atoms with van der Waals surface area (Å²) in [6.45, 7) is 6.85. The molecule has 1 amide bonds. The lowest BCUT2D eigenvalue weighted by Crippen LogP contribution is -2.26. The maximum absolute atomic E-state index is 12.8. The number of ether oxygens (including phenoxy) is 1. The number of fused-ring (bicyclic) bond motifs is 3. The molecule has 6 nitrogen and oxygen atoms in total. The highest BCUT2D eigenvalue weighted by atomic mass is 35.5. The molecule has 1 aromatic carbocycles. The van der Waals surface area contributed by atoms with E-state index >= 15 is 0 Å². The standard InChI is InChI=1S/C24H28ClN3O3S/c1-24(2,3)13-5-7-15-18(11-13)32-23-21(15)22(30)27-19(28-23)9-10-20(29)26-14-6-8-17(31-4)16(25)12-14/h6,8,12-13H,5,7,9-11H2,1-4H3,(H,26,29)(H,27,28,30)/t13-/m1/s1. The fraction of sp³-hybridized carbons (Fsp3) is 0.458. The van der Waals surface area contributed by atoms with Crippen LogP contribution in [0.4, 0.5) is 5.69 Å². The fourth-order valence-corrected chi connectivity index (χ4v) is 5.86. The predicted molar refractivity (Wildman–Crippen MR) is 130 cm³/mol. The summed E-state index contributed by atoms with van der Waals surface area (Å²) >= 11 is 7.74. The molecule has 2 aromatic heterocycles. The smallest absolute Gasteiger partial charge is 0.259 e. The van der Waals surface area contributed by atoms with Gasteiger partial charge in [-0.25, -0.2) is 4.98 Å². The number of aromatic nitrogens is 2. The molecule has 1 aliphatic carbocycles. The summed E-state index contributed by atoms with van der Waals surface area (Å²) in [6.07, 6.45) is 3.58. The lowest BCUT2D eigenvalue weighted by molar-refractivity contribution is -0.116. The van der Waals surface area contributed by atoms with Gasteiger partial charge in [0.05, 0.1) is 17.5 Å². The second-order valence-corrected chi connectivity index (χ2v) is 10.9. The van der Waals surface area contributed by atoms with Gasteiger partial charge in [-0.05, 0) is 54.4 Å². The molecule has 1 aliphatic rings. The van der Waals surface area contributed by atoms with Crippen LogP contribution in [0.2, 0.25) is 5.02 Å². The van der Waals surface area contributed by atoms with Crippen molar-refractivity contribution in [1.29, 1.82) is 0 Å². The zero-order chi connectivity index (χ0) is 23.0. The molecule has 170 valence electrons. The summed E-state index contributed by atoms with van der Waals surface area (Å²) in [4.78, 5) is 34.9. The Bertz CT molecular complexity index is 1230. The first-order chi connectivity index (χ1) is 15.2. The number of methoxy groups -OCH3 is 1. The molecular formula is C24H28ClN3O3S. The fourth-order valence-electron chi connectivity index (χ4n) is 4.29. The molecule has 32 heavy (non-hydrogen) atoms. The highest BCUT2D eigenvalue weighted by Gasteiger charge is 2.31. The molecule has 0 saturated heterocycles. The molecule has 2 heterocycles. The summed E-state index contributed by atoms with van der Waals surface area (Å²) in [5.41, 5.74) is 1.91. The zero-order valence-electron chi connectivity index (χ0n) is 18.8. The van der Waals surface area contributed by atoms with Gasteiger partial charge in [-0.2, -0.15) is 0 Å². The van der Waals surface area contributed by atoms with Crippen molar-refractivity contribution in [3.63, 3.8) is 0 Å². The van der Waals surface area contributed by atoms with Gasteiger partial charge in [0.1, 0.15) is 16.4 Å². The number of aryl methyl sites for hydroxylation is 2. The molecule has 2 N–H and O–H groups in total. The van der Waals surface area contributed by atoms with E-state index in [4.69, 9.17) is 16.3 Å². The molecule has 0 bridgehead atoms. The highest BCUT2D eigenvalue weighted by molar-refractivity contribution is 7.18. The number of hydrogen-bond donors (Lipinski definition) is 2. The first-order valence-corrected chi connectivity index (χ1v) is 12.0. The minimum Gasteiger partial charge on any atom is -0.495 e. The third-order valence-corrected chi connectivity index (χ3v) is 7.66. The normalized spacial score (nSPS) is 16.1. The van der Waals surface area contributed by atoms with Crippen LogP contribution >= 0.6 is 22.9 Å². The monoisotopic (exact) mass is 473 g/mol. The van der Waals surface area contributed by atoms with Crippen LogP contribution in [0.25, 0.3) is 10.2 Å². The largest absolute Gasteiger partial charge is 0.495 e. The molecular weight excluding hydrogens is 446 g/mol. The average Bonchev–Trinajstić information content (AvgIpc) is 3.10. The van der Waals surface area contributed by atoms with Crippen LogP contribution in [0, 0.1) is 11.3 Å². The van der Waals surface area contributed by atoms with Crippen molar-refractivity contribution < 1.29 is 9.53 Å². The van der Waals surface area contributed by atoms with E-state index in [-0.39, 0.29) is 23.3 Å². The number of benzene rings is 1. The van der Waals surface area contributed by atoms with Crippen molar-refractivity contribution in [3.8, 4) is 5.75 Å². The Morgan fingerprint density at radius 1 is 1.38 bits per heavy atom. The SMILES string of the molecule is COc1ccc(NC(=O)CCc2nc3sc4c(c3c(=O)[nH]2)CC[C@@H](C(C)(C)C)C4)cc1Cl. The maximum atomic E-state index is 12.8. The third-order valence-electron chi connectivity index (χ3n) is 6.22. The summed E-state index contributed by atoms with van der Waals surface area (Å²) in [6, 6.07) is 5.08. The number of halogens is 1. The van der Waals surface area contributed by atoms with Crippen LogP contribution in [-0.2, 0) is 24.1 Å². The van der Waals surface area contributed by atoms with Crippen molar-refractivity contribution >= 4 is 44.7 Å². The van der Waals surface area contributed by atoms with Crippen LogP contribution in [0.5, 0.6) is 5.75 Å². The number of carbonyl (C=O) groups is 1. The summed E-state index contributed by atoms with van der Waals surface area (Å²) in [5.74, 6) is 1.52. The molecule has 0 fully saturated rings. The lowest BCUT2D eigenvalue weighted by atomic mass is 9.72.